The molecular weight excluding hydrogens is 897 g/mol. The first-order valence-corrected chi connectivity index (χ1v) is 22.2. The maximum Gasteiger partial charge on any atom is 0.433 e. The van der Waals surface area contributed by atoms with Crippen LogP contribution in [-0.4, -0.2) is 96.1 Å². The molecule has 0 saturated carbocycles. The van der Waals surface area contributed by atoms with Crippen LogP contribution in [0.15, 0.2) is 156 Å². The lowest BCUT2D eigenvalue weighted by Gasteiger charge is -2.34. The molecule has 70 heavy (non-hydrogen) atoms. The molecule has 4 unspecified atom stereocenters. The Hall–Kier alpha value is -8.80. The molecule has 2 aliphatic rings. The normalized spacial score (nSPS) is 16.1. The highest BCUT2D eigenvalue weighted by Gasteiger charge is 2.38. The number of amides is 4. The smallest absolute Gasteiger partial charge is 0.433 e. The lowest BCUT2D eigenvalue weighted by molar-refractivity contribution is 0.0482. The van der Waals surface area contributed by atoms with E-state index in [1.807, 2.05) is 62.4 Å². The first kappa shape index (κ1) is 49.1. The van der Waals surface area contributed by atoms with Gasteiger partial charge in [0.05, 0.1) is 34.0 Å². The van der Waals surface area contributed by atoms with E-state index in [4.69, 9.17) is 28.4 Å². The van der Waals surface area contributed by atoms with Crippen LogP contribution in [0.3, 0.4) is 0 Å². The molecule has 4 atom stereocenters. The summed E-state index contributed by atoms with van der Waals surface area (Å²) in [6.07, 6.45) is 1.29. The molecule has 4 amide bonds. The predicted molar refractivity (Wildman–Crippen MR) is 259 cm³/mol. The standard InChI is InChI=1S/2C26H26N4O5/c1-4-20-23(18-13-14-21(33-2)22(16-18)34-3)29-30(26(32)35-20)24(17-10-6-5-7-11-17)28-25(31)19-12-8-9-15-27-19;1-4-20-23(18-12-13-21(33-2)22(15-18)34-3)29-30(26(32)35-20)24(17-9-6-5-7-10-17)28-25(31)19-11-8-14-27-16-19/h2*5-16,20,24H,4H2,1-3H3,(H,28,31). The molecular formula is C52H52N8O10. The highest BCUT2D eigenvalue weighted by Crippen LogP contribution is 2.33. The van der Waals surface area contributed by atoms with E-state index < -0.39 is 48.5 Å². The number of cyclic esters (lactones) is 2. The summed E-state index contributed by atoms with van der Waals surface area (Å²) in [5.41, 5.74) is 4.35. The Bertz CT molecular complexity index is 2630. The fourth-order valence-electron chi connectivity index (χ4n) is 7.51. The second kappa shape index (κ2) is 23.3. The lowest BCUT2D eigenvalue weighted by atomic mass is 10.0. The molecule has 0 spiro atoms. The van der Waals surface area contributed by atoms with Crippen molar-refractivity contribution in [3.8, 4) is 23.0 Å². The van der Waals surface area contributed by atoms with E-state index in [9.17, 15) is 19.2 Å². The molecule has 18 nitrogen and oxygen atoms in total. The number of pyridine rings is 2. The van der Waals surface area contributed by atoms with Gasteiger partial charge in [-0.25, -0.2) is 9.59 Å². The molecule has 2 aromatic heterocycles. The monoisotopic (exact) mass is 948 g/mol. The minimum atomic E-state index is -0.925. The van der Waals surface area contributed by atoms with E-state index in [0.29, 0.717) is 75.1 Å². The number of methoxy groups -OCH3 is 4. The summed E-state index contributed by atoms with van der Waals surface area (Å²) in [6, 6.07) is 37.3. The highest BCUT2D eigenvalue weighted by molar-refractivity contribution is 6.07. The van der Waals surface area contributed by atoms with Gasteiger partial charge >= 0.3 is 12.2 Å². The zero-order chi connectivity index (χ0) is 49.6. The van der Waals surface area contributed by atoms with Crippen LogP contribution in [0.5, 0.6) is 23.0 Å². The first-order valence-electron chi connectivity index (χ1n) is 22.2. The molecule has 18 heteroatoms. The Balaban J connectivity index is 0.000000206. The number of aromatic nitrogens is 2. The summed E-state index contributed by atoms with van der Waals surface area (Å²) in [4.78, 5) is 60.2. The Morgan fingerprint density at radius 2 is 1.04 bits per heavy atom. The van der Waals surface area contributed by atoms with Crippen LogP contribution < -0.4 is 29.6 Å². The van der Waals surface area contributed by atoms with Crippen molar-refractivity contribution in [2.24, 2.45) is 10.2 Å². The molecule has 4 aromatic carbocycles. The maximum atomic E-state index is 13.1. The third-order valence-electron chi connectivity index (χ3n) is 11.1. The number of hydrogen-bond donors (Lipinski definition) is 2. The summed E-state index contributed by atoms with van der Waals surface area (Å²) in [7, 11) is 6.21. The maximum absolute atomic E-state index is 13.1. The summed E-state index contributed by atoms with van der Waals surface area (Å²) in [5.74, 6) is 1.33. The number of rotatable bonds is 16. The molecule has 0 fully saturated rings. The Kier molecular flexibility index (Phi) is 16.3. The Labute approximate surface area is 404 Å². The number of ether oxygens (including phenoxy) is 6. The fraction of sp³-hybridized carbons (Fsp3) is 0.231. The predicted octanol–water partition coefficient (Wildman–Crippen LogP) is 8.33. The van der Waals surface area contributed by atoms with Gasteiger partial charge in [0.25, 0.3) is 11.8 Å². The number of hydrogen-bond acceptors (Lipinski definition) is 14. The lowest BCUT2D eigenvalue weighted by Crippen LogP contribution is -2.48. The van der Waals surface area contributed by atoms with Gasteiger partial charge in [-0.15, -0.1) is 0 Å². The molecule has 6 aromatic rings. The van der Waals surface area contributed by atoms with Crippen LogP contribution in [0.1, 0.15) is 82.1 Å². The first-order chi connectivity index (χ1) is 34.1. The molecule has 8 rings (SSSR count). The van der Waals surface area contributed by atoms with Gasteiger partial charge in [0.15, 0.2) is 35.3 Å². The van der Waals surface area contributed by atoms with E-state index >= 15 is 0 Å². The Morgan fingerprint density at radius 3 is 1.46 bits per heavy atom. The zero-order valence-corrected chi connectivity index (χ0v) is 39.3. The quantitative estimate of drug-likeness (QED) is 0.0940. The average molecular weight is 949 g/mol. The van der Waals surface area contributed by atoms with Crippen LogP contribution in [0.4, 0.5) is 9.59 Å². The average Bonchev–Trinajstić information content (AvgIpc) is 3.42. The summed E-state index contributed by atoms with van der Waals surface area (Å²) >= 11 is 0. The second-order valence-corrected chi connectivity index (χ2v) is 15.4. The highest BCUT2D eigenvalue weighted by atomic mass is 16.6. The third kappa shape index (κ3) is 11.3. The van der Waals surface area contributed by atoms with E-state index in [1.165, 1.54) is 12.4 Å². The van der Waals surface area contributed by atoms with Crippen molar-refractivity contribution in [1.29, 1.82) is 0 Å². The topological polar surface area (TPSA) is 205 Å². The SMILES string of the molecule is CCC1OC(=O)N(C(NC(=O)c2ccccn2)c2ccccc2)N=C1c1ccc(OC)c(OC)c1.CCC1OC(=O)N(C(NC(=O)c2cccnc2)c2ccccc2)N=C1c1ccc(OC)c(OC)c1. The molecule has 2 aliphatic heterocycles. The van der Waals surface area contributed by atoms with Gasteiger partial charge in [-0.05, 0) is 84.6 Å². The van der Waals surface area contributed by atoms with Crippen molar-refractivity contribution in [3.05, 3.63) is 179 Å². The van der Waals surface area contributed by atoms with Crippen LogP contribution >= 0.6 is 0 Å². The summed E-state index contributed by atoms with van der Waals surface area (Å²) < 4.78 is 33.1. The van der Waals surface area contributed by atoms with Crippen LogP contribution in [0, 0.1) is 0 Å². The van der Waals surface area contributed by atoms with Gasteiger partial charge in [0.2, 0.25) is 0 Å². The van der Waals surface area contributed by atoms with Gasteiger partial charge in [0, 0.05) is 29.7 Å². The molecule has 4 heterocycles. The second-order valence-electron chi connectivity index (χ2n) is 15.4. The van der Waals surface area contributed by atoms with Gasteiger partial charge in [-0.1, -0.05) is 80.6 Å². The summed E-state index contributed by atoms with van der Waals surface area (Å²) in [6.45, 7) is 3.81. The molecule has 2 N–H and O–H groups in total. The minimum absolute atomic E-state index is 0.217. The number of benzene rings is 4. The van der Waals surface area contributed by atoms with Crippen LogP contribution in [0.2, 0.25) is 0 Å². The van der Waals surface area contributed by atoms with Gasteiger partial charge in [-0.3, -0.25) is 19.6 Å². The summed E-state index contributed by atoms with van der Waals surface area (Å²) in [5, 5.41) is 17.4. The molecule has 0 bridgehead atoms. The Morgan fingerprint density at radius 1 is 0.571 bits per heavy atom. The van der Waals surface area contributed by atoms with Crippen molar-refractivity contribution in [2.75, 3.05) is 28.4 Å². The fourth-order valence-corrected chi connectivity index (χ4v) is 7.51. The van der Waals surface area contributed by atoms with E-state index in [1.54, 1.807) is 113 Å². The van der Waals surface area contributed by atoms with Crippen LogP contribution in [-0.2, 0) is 9.47 Å². The minimum Gasteiger partial charge on any atom is -0.493 e. The molecule has 360 valence electrons. The zero-order valence-electron chi connectivity index (χ0n) is 39.3. The van der Waals surface area contributed by atoms with Crippen molar-refractivity contribution in [3.63, 3.8) is 0 Å². The van der Waals surface area contributed by atoms with Crippen molar-refractivity contribution in [2.45, 2.75) is 51.2 Å². The van der Waals surface area contributed by atoms with E-state index in [2.05, 4.69) is 30.8 Å². The van der Waals surface area contributed by atoms with Crippen LogP contribution in [0.25, 0.3) is 0 Å². The van der Waals surface area contributed by atoms with E-state index in [0.717, 1.165) is 10.0 Å². The van der Waals surface area contributed by atoms with Crippen molar-refractivity contribution < 1.29 is 47.6 Å². The molecule has 0 aliphatic carbocycles. The molecule has 0 saturated heterocycles. The number of nitrogens with one attached hydrogen (secondary N) is 2. The number of carbonyl (C=O) groups excluding carboxylic acids is 4. The third-order valence-corrected chi connectivity index (χ3v) is 11.1. The van der Waals surface area contributed by atoms with E-state index in [-0.39, 0.29) is 5.69 Å². The number of carbonyl (C=O) groups is 4. The van der Waals surface area contributed by atoms with Gasteiger partial charge < -0.3 is 39.1 Å². The largest absolute Gasteiger partial charge is 0.493 e. The van der Waals surface area contributed by atoms with Gasteiger partial charge in [0.1, 0.15) is 29.3 Å². The number of nitrogens with zero attached hydrogens (tertiary/aromatic N) is 6. The van der Waals surface area contributed by atoms with Gasteiger partial charge in [-0.2, -0.15) is 20.2 Å². The number of hydrazone groups is 2. The van der Waals surface area contributed by atoms with Crippen molar-refractivity contribution >= 4 is 35.4 Å². The van der Waals surface area contributed by atoms with Crippen molar-refractivity contribution in [1.82, 2.24) is 30.6 Å². The molecule has 0 radical (unpaired) electrons.